The van der Waals surface area contributed by atoms with Crippen molar-refractivity contribution in [1.82, 2.24) is 24.4 Å². The summed E-state index contributed by atoms with van der Waals surface area (Å²) in [6, 6.07) is 10.3. The first kappa shape index (κ1) is 16.0. The summed E-state index contributed by atoms with van der Waals surface area (Å²) in [6.07, 6.45) is 3.53. The van der Waals surface area contributed by atoms with Gasteiger partial charge >= 0.3 is 0 Å². The minimum atomic E-state index is -0.303. The molecule has 4 heterocycles. The molecule has 0 atom stereocenters. The van der Waals surface area contributed by atoms with Crippen LogP contribution in [-0.4, -0.2) is 36.1 Å². The van der Waals surface area contributed by atoms with Crippen molar-refractivity contribution >= 4 is 11.5 Å². The molecule has 0 spiro atoms. The summed E-state index contributed by atoms with van der Waals surface area (Å²) in [5, 5.41) is 17.9. The highest BCUT2D eigenvalue weighted by molar-refractivity contribution is 5.67. The molecular formula is C19H17FN6O. The van der Waals surface area contributed by atoms with Gasteiger partial charge in [0.15, 0.2) is 5.65 Å². The summed E-state index contributed by atoms with van der Waals surface area (Å²) in [5.74, 6) is 0.540. The van der Waals surface area contributed by atoms with Gasteiger partial charge in [0, 0.05) is 29.8 Å². The number of aromatic nitrogens is 5. The van der Waals surface area contributed by atoms with Crippen molar-refractivity contribution in [2.45, 2.75) is 19.6 Å². The van der Waals surface area contributed by atoms with Crippen molar-refractivity contribution < 1.29 is 9.50 Å². The molecule has 7 nitrogen and oxygen atoms in total. The third-order valence-corrected chi connectivity index (χ3v) is 4.86. The molecule has 1 aliphatic rings. The van der Waals surface area contributed by atoms with Gasteiger partial charge in [-0.1, -0.05) is 12.1 Å². The molecule has 136 valence electrons. The second-order valence-corrected chi connectivity index (χ2v) is 6.50. The molecular weight excluding hydrogens is 347 g/mol. The molecule has 27 heavy (non-hydrogen) atoms. The highest BCUT2D eigenvalue weighted by atomic mass is 19.1. The predicted octanol–water partition coefficient (Wildman–Crippen LogP) is 2.24. The van der Waals surface area contributed by atoms with Crippen LogP contribution >= 0.6 is 0 Å². The van der Waals surface area contributed by atoms with E-state index in [1.165, 1.54) is 6.07 Å². The van der Waals surface area contributed by atoms with Gasteiger partial charge in [-0.2, -0.15) is 14.7 Å². The number of benzene rings is 1. The Morgan fingerprint density at radius 2 is 2.00 bits per heavy atom. The standard InChI is InChI=1S/C19H17FN6O/c20-15-4-2-1-3-14(15)16-9-19(26-18(23-16)5-6-21-26)24-11-13-10-22-25(7-8-27)17(13)12-24/h1-6,9-10,27H,7-8,11-12H2. The van der Waals surface area contributed by atoms with Crippen molar-refractivity contribution in [2.24, 2.45) is 0 Å². The lowest BCUT2D eigenvalue weighted by Gasteiger charge is -2.20. The summed E-state index contributed by atoms with van der Waals surface area (Å²) < 4.78 is 17.9. The van der Waals surface area contributed by atoms with Crippen molar-refractivity contribution in [3.63, 3.8) is 0 Å². The maximum atomic E-state index is 14.3. The molecule has 4 aromatic rings. The van der Waals surface area contributed by atoms with E-state index in [-0.39, 0.29) is 12.4 Å². The lowest BCUT2D eigenvalue weighted by atomic mass is 10.1. The Morgan fingerprint density at radius 1 is 1.11 bits per heavy atom. The van der Waals surface area contributed by atoms with Crippen LogP contribution in [0.2, 0.25) is 0 Å². The molecule has 8 heteroatoms. The predicted molar refractivity (Wildman–Crippen MR) is 97.6 cm³/mol. The van der Waals surface area contributed by atoms with Crippen molar-refractivity contribution in [3.05, 3.63) is 65.9 Å². The van der Waals surface area contributed by atoms with Crippen LogP contribution in [0, 0.1) is 5.82 Å². The average Bonchev–Trinajstić information content (AvgIpc) is 3.38. The van der Waals surface area contributed by atoms with Gasteiger partial charge in [-0.25, -0.2) is 9.37 Å². The van der Waals surface area contributed by atoms with E-state index in [1.54, 1.807) is 28.9 Å². The number of hydrogen-bond donors (Lipinski definition) is 1. The Balaban J connectivity index is 1.59. The molecule has 5 rings (SSSR count). The molecule has 1 aromatic carbocycles. The second-order valence-electron chi connectivity index (χ2n) is 6.50. The zero-order chi connectivity index (χ0) is 18.4. The summed E-state index contributed by atoms with van der Waals surface area (Å²) >= 11 is 0. The van der Waals surface area contributed by atoms with Crippen LogP contribution in [-0.2, 0) is 19.6 Å². The number of hydrogen-bond acceptors (Lipinski definition) is 5. The van der Waals surface area contributed by atoms with Gasteiger partial charge in [0.2, 0.25) is 0 Å². The van der Waals surface area contributed by atoms with E-state index < -0.39 is 0 Å². The number of nitrogens with zero attached hydrogens (tertiary/aromatic N) is 6. The van der Waals surface area contributed by atoms with Crippen LogP contribution in [0.1, 0.15) is 11.3 Å². The highest BCUT2D eigenvalue weighted by Gasteiger charge is 2.26. The molecule has 0 bridgehead atoms. The van der Waals surface area contributed by atoms with Gasteiger partial charge in [0.25, 0.3) is 0 Å². The minimum Gasteiger partial charge on any atom is -0.394 e. The van der Waals surface area contributed by atoms with E-state index in [0.29, 0.717) is 36.5 Å². The monoisotopic (exact) mass is 364 g/mol. The number of anilines is 1. The van der Waals surface area contributed by atoms with Crippen LogP contribution in [0.4, 0.5) is 10.2 Å². The van der Waals surface area contributed by atoms with Gasteiger partial charge in [-0.3, -0.25) is 4.68 Å². The molecule has 0 fully saturated rings. The van der Waals surface area contributed by atoms with Crippen LogP contribution in [0.5, 0.6) is 0 Å². The number of rotatable bonds is 4. The van der Waals surface area contributed by atoms with Crippen LogP contribution in [0.25, 0.3) is 16.9 Å². The lowest BCUT2D eigenvalue weighted by Crippen LogP contribution is -2.20. The topological polar surface area (TPSA) is 71.5 Å². The van der Waals surface area contributed by atoms with E-state index >= 15 is 0 Å². The number of aliphatic hydroxyl groups is 1. The SMILES string of the molecule is OCCn1ncc2c1CN(c1cc(-c3ccccc3F)nc3ccnn13)C2. The van der Waals surface area contributed by atoms with Gasteiger partial charge in [-0.15, -0.1) is 0 Å². The van der Waals surface area contributed by atoms with Gasteiger partial charge < -0.3 is 10.0 Å². The summed E-state index contributed by atoms with van der Waals surface area (Å²) in [7, 11) is 0. The van der Waals surface area contributed by atoms with Crippen molar-refractivity contribution in [2.75, 3.05) is 11.5 Å². The van der Waals surface area contributed by atoms with E-state index in [2.05, 4.69) is 20.1 Å². The number of halogens is 1. The van der Waals surface area contributed by atoms with Crippen molar-refractivity contribution in [1.29, 1.82) is 0 Å². The number of fused-ring (bicyclic) bond motifs is 2. The first-order valence-electron chi connectivity index (χ1n) is 8.73. The Kier molecular flexibility index (Phi) is 3.64. The van der Waals surface area contributed by atoms with E-state index in [0.717, 1.165) is 17.1 Å². The third kappa shape index (κ3) is 2.57. The molecule has 1 N–H and O–H groups in total. The highest BCUT2D eigenvalue weighted by Crippen LogP contribution is 2.31. The molecule has 0 radical (unpaired) electrons. The quantitative estimate of drug-likeness (QED) is 0.601. The fourth-order valence-electron chi connectivity index (χ4n) is 3.59. The number of aliphatic hydroxyl groups excluding tert-OH is 1. The van der Waals surface area contributed by atoms with Crippen LogP contribution < -0.4 is 4.90 Å². The largest absolute Gasteiger partial charge is 0.394 e. The molecule has 0 saturated carbocycles. The van der Waals surface area contributed by atoms with Gasteiger partial charge in [0.1, 0.15) is 11.6 Å². The van der Waals surface area contributed by atoms with E-state index in [4.69, 9.17) is 0 Å². The average molecular weight is 364 g/mol. The third-order valence-electron chi connectivity index (χ3n) is 4.86. The summed E-state index contributed by atoms with van der Waals surface area (Å²) in [4.78, 5) is 6.72. The fraction of sp³-hybridized carbons (Fsp3) is 0.211. The van der Waals surface area contributed by atoms with E-state index in [9.17, 15) is 9.50 Å². The smallest absolute Gasteiger partial charge is 0.157 e. The summed E-state index contributed by atoms with van der Waals surface area (Å²) in [6.45, 7) is 1.84. The molecule has 0 aliphatic carbocycles. The molecule has 1 aliphatic heterocycles. The zero-order valence-electron chi connectivity index (χ0n) is 14.5. The van der Waals surface area contributed by atoms with Crippen LogP contribution in [0.15, 0.2) is 48.8 Å². The fourth-order valence-corrected chi connectivity index (χ4v) is 3.59. The summed E-state index contributed by atoms with van der Waals surface area (Å²) in [5.41, 5.74) is 3.90. The Bertz CT molecular complexity index is 1130. The van der Waals surface area contributed by atoms with Gasteiger partial charge in [0.05, 0.1) is 43.5 Å². The van der Waals surface area contributed by atoms with E-state index in [1.807, 2.05) is 23.0 Å². The first-order valence-corrected chi connectivity index (χ1v) is 8.73. The van der Waals surface area contributed by atoms with Gasteiger partial charge in [-0.05, 0) is 12.1 Å². The molecule has 3 aromatic heterocycles. The maximum absolute atomic E-state index is 14.3. The zero-order valence-corrected chi connectivity index (χ0v) is 14.5. The van der Waals surface area contributed by atoms with Crippen molar-refractivity contribution in [3.8, 4) is 11.3 Å². The van der Waals surface area contributed by atoms with Crippen LogP contribution in [0.3, 0.4) is 0 Å². The minimum absolute atomic E-state index is 0.0458. The Labute approximate surface area is 154 Å². The first-order chi connectivity index (χ1) is 13.2. The molecule has 0 amide bonds. The normalized spacial score (nSPS) is 13.5. The lowest BCUT2D eigenvalue weighted by molar-refractivity contribution is 0.267. The Morgan fingerprint density at radius 3 is 2.85 bits per heavy atom. The maximum Gasteiger partial charge on any atom is 0.157 e. The second kappa shape index (κ2) is 6.17. The molecule has 0 saturated heterocycles. The Hall–Kier alpha value is -3.26. The molecule has 0 unspecified atom stereocenters.